The number of aromatic nitrogens is 5. The van der Waals surface area contributed by atoms with Gasteiger partial charge in [-0.05, 0) is 65.7 Å². The molecule has 4 aromatic heterocycles. The molecule has 10 rings (SSSR count). The molecule has 0 radical (unpaired) electrons. The van der Waals surface area contributed by atoms with Gasteiger partial charge in [-0.1, -0.05) is 115 Å². The lowest BCUT2D eigenvalue weighted by Gasteiger charge is -2.12. The zero-order valence-electron chi connectivity index (χ0n) is 27.0. The first-order chi connectivity index (χ1) is 24.8. The fourth-order valence-corrected chi connectivity index (χ4v) is 7.28. The topological polar surface area (TPSA) is 48.5 Å². The van der Waals surface area contributed by atoms with Crippen LogP contribution in [0.25, 0.3) is 89.0 Å². The van der Waals surface area contributed by atoms with Gasteiger partial charge in [-0.2, -0.15) is 0 Å². The van der Waals surface area contributed by atoms with Gasteiger partial charge in [0, 0.05) is 44.6 Å². The Bertz CT molecular complexity index is 2800. The Kier molecular flexibility index (Phi) is 6.42. The van der Waals surface area contributed by atoms with Gasteiger partial charge in [0.15, 0.2) is 0 Å². The largest absolute Gasteiger partial charge is 0.294 e. The second kappa shape index (κ2) is 11.4. The first kappa shape index (κ1) is 28.2. The third-order valence-electron chi connectivity index (χ3n) is 9.60. The van der Waals surface area contributed by atoms with Crippen molar-refractivity contribution in [1.82, 2.24) is 24.1 Å². The average Bonchev–Trinajstić information content (AvgIpc) is 3.71. The van der Waals surface area contributed by atoms with Crippen LogP contribution in [0.3, 0.4) is 0 Å². The molecule has 0 aliphatic heterocycles. The average molecular weight is 640 g/mol. The summed E-state index contributed by atoms with van der Waals surface area (Å²) >= 11 is 0. The third kappa shape index (κ3) is 4.52. The van der Waals surface area contributed by atoms with Crippen LogP contribution in [0.5, 0.6) is 0 Å². The molecule has 0 unspecified atom stereocenters. The van der Waals surface area contributed by atoms with E-state index in [1.165, 1.54) is 5.39 Å². The molecule has 0 saturated heterocycles. The smallest absolute Gasteiger partial charge is 0.235 e. The van der Waals surface area contributed by atoms with Crippen molar-refractivity contribution in [3.63, 3.8) is 0 Å². The summed E-state index contributed by atoms with van der Waals surface area (Å²) in [6.07, 6.45) is 1.87. The van der Waals surface area contributed by atoms with Gasteiger partial charge in [-0.3, -0.25) is 9.13 Å². The molecule has 0 aliphatic carbocycles. The summed E-state index contributed by atoms with van der Waals surface area (Å²) in [5.74, 6) is 0.644. The molecule has 234 valence electrons. The quantitative estimate of drug-likeness (QED) is 0.188. The zero-order valence-corrected chi connectivity index (χ0v) is 27.0. The first-order valence-corrected chi connectivity index (χ1v) is 16.8. The SMILES string of the molecule is c1ccc(-c2cc(-c3ccccc3)nc(-n3c4ccccc4c4cc(-c5ccc6c7cccnc7n(-c7ccccc7)c6c5)ccc43)n2)cc1. The van der Waals surface area contributed by atoms with Crippen molar-refractivity contribution in [3.8, 4) is 45.3 Å². The fourth-order valence-electron chi connectivity index (χ4n) is 7.28. The maximum Gasteiger partial charge on any atom is 0.235 e. The molecule has 5 heteroatoms. The lowest BCUT2D eigenvalue weighted by atomic mass is 10.0. The van der Waals surface area contributed by atoms with E-state index in [0.29, 0.717) is 5.95 Å². The molecule has 0 bridgehead atoms. The molecule has 5 nitrogen and oxygen atoms in total. The first-order valence-electron chi connectivity index (χ1n) is 16.8. The van der Waals surface area contributed by atoms with Gasteiger partial charge in [-0.25, -0.2) is 15.0 Å². The highest BCUT2D eigenvalue weighted by atomic mass is 15.2. The molecule has 6 aromatic carbocycles. The highest BCUT2D eigenvalue weighted by molar-refractivity contribution is 6.11. The van der Waals surface area contributed by atoms with Crippen molar-refractivity contribution in [2.75, 3.05) is 0 Å². The molecule has 4 heterocycles. The third-order valence-corrected chi connectivity index (χ3v) is 9.60. The monoisotopic (exact) mass is 639 g/mol. The number of rotatable bonds is 5. The highest BCUT2D eigenvalue weighted by Gasteiger charge is 2.19. The molecule has 0 aliphatic rings. The van der Waals surface area contributed by atoms with Crippen molar-refractivity contribution in [3.05, 3.63) is 176 Å². The highest BCUT2D eigenvalue weighted by Crippen LogP contribution is 2.38. The van der Waals surface area contributed by atoms with E-state index in [4.69, 9.17) is 15.0 Å². The number of hydrogen-bond donors (Lipinski definition) is 0. The molecule has 50 heavy (non-hydrogen) atoms. The number of benzene rings is 6. The number of fused-ring (bicyclic) bond motifs is 6. The molecular weight excluding hydrogens is 611 g/mol. The van der Waals surface area contributed by atoms with Gasteiger partial charge in [0.1, 0.15) is 5.65 Å². The number of hydrogen-bond acceptors (Lipinski definition) is 3. The molecule has 0 atom stereocenters. The minimum absolute atomic E-state index is 0.644. The van der Waals surface area contributed by atoms with Crippen molar-refractivity contribution >= 4 is 43.7 Å². The van der Waals surface area contributed by atoms with E-state index < -0.39 is 0 Å². The molecule has 10 aromatic rings. The van der Waals surface area contributed by atoms with Gasteiger partial charge in [0.05, 0.1) is 27.9 Å². The number of para-hydroxylation sites is 2. The van der Waals surface area contributed by atoms with Crippen LogP contribution in [0.2, 0.25) is 0 Å². The summed E-state index contributed by atoms with van der Waals surface area (Å²) in [4.78, 5) is 15.2. The Morgan fingerprint density at radius 1 is 0.360 bits per heavy atom. The van der Waals surface area contributed by atoms with E-state index in [0.717, 1.165) is 77.7 Å². The Morgan fingerprint density at radius 3 is 1.68 bits per heavy atom. The Labute approximate surface area is 288 Å². The summed E-state index contributed by atoms with van der Waals surface area (Å²) in [7, 11) is 0. The van der Waals surface area contributed by atoms with Gasteiger partial charge in [-0.15, -0.1) is 0 Å². The second-order valence-electron chi connectivity index (χ2n) is 12.5. The van der Waals surface area contributed by atoms with Crippen LogP contribution in [0, 0.1) is 0 Å². The molecular formula is C45H29N5. The van der Waals surface area contributed by atoms with Crippen LogP contribution in [0.4, 0.5) is 0 Å². The summed E-state index contributed by atoms with van der Waals surface area (Å²) in [5.41, 5.74) is 11.5. The maximum absolute atomic E-state index is 5.19. The minimum atomic E-state index is 0.644. The fraction of sp³-hybridized carbons (Fsp3) is 0. The van der Waals surface area contributed by atoms with E-state index in [-0.39, 0.29) is 0 Å². The van der Waals surface area contributed by atoms with Crippen molar-refractivity contribution in [2.24, 2.45) is 0 Å². The number of pyridine rings is 1. The number of nitrogens with zero attached hydrogens (tertiary/aromatic N) is 5. The lowest BCUT2D eigenvalue weighted by molar-refractivity contribution is 0.995. The van der Waals surface area contributed by atoms with Crippen molar-refractivity contribution in [1.29, 1.82) is 0 Å². The lowest BCUT2D eigenvalue weighted by Crippen LogP contribution is -2.03. The maximum atomic E-state index is 5.19. The van der Waals surface area contributed by atoms with E-state index in [9.17, 15) is 0 Å². The van der Waals surface area contributed by atoms with Gasteiger partial charge in [0.25, 0.3) is 0 Å². The molecule has 0 spiro atoms. The predicted octanol–water partition coefficient (Wildman–Crippen LogP) is 11.1. The Hall–Kier alpha value is -6.85. The van der Waals surface area contributed by atoms with Crippen LogP contribution in [-0.2, 0) is 0 Å². The minimum Gasteiger partial charge on any atom is -0.294 e. The van der Waals surface area contributed by atoms with Crippen molar-refractivity contribution < 1.29 is 0 Å². The van der Waals surface area contributed by atoms with Gasteiger partial charge < -0.3 is 0 Å². The second-order valence-corrected chi connectivity index (χ2v) is 12.5. The summed E-state index contributed by atoms with van der Waals surface area (Å²) in [5, 5.41) is 4.63. The summed E-state index contributed by atoms with van der Waals surface area (Å²) in [6, 6.07) is 59.4. The van der Waals surface area contributed by atoms with Crippen LogP contribution >= 0.6 is 0 Å². The molecule has 0 amide bonds. The van der Waals surface area contributed by atoms with Gasteiger partial charge in [0.2, 0.25) is 5.95 Å². The Balaban J connectivity index is 1.18. The van der Waals surface area contributed by atoms with Crippen LogP contribution in [-0.4, -0.2) is 24.1 Å². The summed E-state index contributed by atoms with van der Waals surface area (Å²) < 4.78 is 4.47. The molecule has 0 N–H and O–H groups in total. The van der Waals surface area contributed by atoms with E-state index >= 15 is 0 Å². The van der Waals surface area contributed by atoms with Crippen LogP contribution in [0.1, 0.15) is 0 Å². The van der Waals surface area contributed by atoms with Crippen molar-refractivity contribution in [2.45, 2.75) is 0 Å². The molecule has 0 fully saturated rings. The summed E-state index contributed by atoms with van der Waals surface area (Å²) in [6.45, 7) is 0. The van der Waals surface area contributed by atoms with E-state index in [1.54, 1.807) is 0 Å². The standard InChI is InChI=1S/C45H29N5/c1-4-13-30(14-5-1)39-29-40(31-15-6-2-7-16-31)48-45(47-39)50-41-21-11-10-19-35(41)38-27-32(23-25-42(38)50)33-22-24-36-37-20-12-26-46-44(37)49(43(36)28-33)34-17-8-3-9-18-34/h1-29H. The van der Waals surface area contributed by atoms with Crippen LogP contribution < -0.4 is 0 Å². The predicted molar refractivity (Wildman–Crippen MR) is 205 cm³/mol. The van der Waals surface area contributed by atoms with E-state index in [1.807, 2.05) is 30.5 Å². The van der Waals surface area contributed by atoms with Crippen LogP contribution in [0.15, 0.2) is 176 Å². The van der Waals surface area contributed by atoms with Gasteiger partial charge >= 0.3 is 0 Å². The molecule has 0 saturated carbocycles. The van der Waals surface area contributed by atoms with E-state index in [2.05, 4.69) is 155 Å². The zero-order chi connectivity index (χ0) is 33.0. The Morgan fingerprint density at radius 2 is 0.940 bits per heavy atom. The normalized spacial score (nSPS) is 11.6.